The molecule has 0 bridgehead atoms. The van der Waals surface area contributed by atoms with Crippen LogP contribution in [0.4, 0.5) is 10.1 Å². The molecule has 1 saturated carbocycles. The minimum Gasteiger partial charge on any atom is -0.344 e. The van der Waals surface area contributed by atoms with Crippen LogP contribution in [0.15, 0.2) is 48.5 Å². The van der Waals surface area contributed by atoms with E-state index in [0.29, 0.717) is 11.3 Å². The van der Waals surface area contributed by atoms with E-state index >= 15 is 0 Å². The van der Waals surface area contributed by atoms with Crippen LogP contribution in [0.5, 0.6) is 0 Å². The van der Waals surface area contributed by atoms with E-state index in [1.165, 1.54) is 23.1 Å². The zero-order valence-electron chi connectivity index (χ0n) is 23.4. The smallest absolute Gasteiger partial charge is 0.246 e. The van der Waals surface area contributed by atoms with Crippen molar-refractivity contribution in [1.29, 1.82) is 5.26 Å². The highest BCUT2D eigenvalue weighted by molar-refractivity contribution is 6.07. The van der Waals surface area contributed by atoms with Gasteiger partial charge in [-0.2, -0.15) is 5.26 Å². The minimum absolute atomic E-state index is 0.0382. The molecule has 2 aromatic rings. The van der Waals surface area contributed by atoms with Crippen LogP contribution >= 0.6 is 0 Å². The van der Waals surface area contributed by atoms with E-state index in [-0.39, 0.29) is 37.1 Å². The summed E-state index contributed by atoms with van der Waals surface area (Å²) < 4.78 is 14.1. The number of para-hydroxylation sites is 1. The first-order valence-corrected chi connectivity index (χ1v) is 13.9. The highest BCUT2D eigenvalue weighted by Gasteiger charge is 2.56. The van der Waals surface area contributed by atoms with Gasteiger partial charge in [-0.1, -0.05) is 51.1 Å². The van der Waals surface area contributed by atoms with Crippen molar-refractivity contribution in [2.75, 3.05) is 11.9 Å². The average Bonchev–Trinajstić information content (AvgIpc) is 3.65. The van der Waals surface area contributed by atoms with Crippen LogP contribution in [0.1, 0.15) is 51.2 Å². The monoisotopic (exact) mass is 559 g/mol. The van der Waals surface area contributed by atoms with Gasteiger partial charge in [-0.05, 0) is 47.6 Å². The van der Waals surface area contributed by atoms with Gasteiger partial charge in [-0.3, -0.25) is 19.2 Å². The van der Waals surface area contributed by atoms with Gasteiger partial charge in [0.2, 0.25) is 23.6 Å². The Kier molecular flexibility index (Phi) is 7.32. The molecule has 2 aromatic carbocycles. The van der Waals surface area contributed by atoms with Gasteiger partial charge in [-0.25, -0.2) is 4.39 Å². The Morgan fingerprint density at radius 1 is 1.15 bits per heavy atom. The van der Waals surface area contributed by atoms with E-state index < -0.39 is 46.6 Å². The Hall–Kier alpha value is -4.26. The first-order valence-electron chi connectivity index (χ1n) is 13.9. The van der Waals surface area contributed by atoms with Crippen LogP contribution in [-0.4, -0.2) is 53.2 Å². The van der Waals surface area contributed by atoms with Crippen molar-refractivity contribution in [2.45, 2.75) is 70.0 Å². The van der Waals surface area contributed by atoms with Gasteiger partial charge in [-0.15, -0.1) is 0 Å². The van der Waals surface area contributed by atoms with E-state index in [9.17, 15) is 28.8 Å². The fourth-order valence-electron chi connectivity index (χ4n) is 5.82. The maximum atomic E-state index is 14.2. The molecule has 1 unspecified atom stereocenters. The molecule has 1 spiro atoms. The lowest BCUT2D eigenvalue weighted by Crippen LogP contribution is -2.59. The molecule has 9 nitrogen and oxygen atoms in total. The number of likely N-dealkylation sites (tertiary alicyclic amines) is 1. The lowest BCUT2D eigenvalue weighted by Gasteiger charge is -2.33. The summed E-state index contributed by atoms with van der Waals surface area (Å²) >= 11 is 0. The number of rotatable bonds is 7. The zero-order valence-corrected chi connectivity index (χ0v) is 23.4. The van der Waals surface area contributed by atoms with Crippen molar-refractivity contribution in [1.82, 2.24) is 15.5 Å². The number of hydrogen-bond donors (Lipinski definition) is 3. The SMILES string of the molecule is CC(C)(C)[C@H](NC(=O)C1CC1)C(=O)NC(Cc1cccc(F)c1)C(=O)N1C[C@]2(C[C@H]1C#N)C(=O)Nc1ccccc12. The van der Waals surface area contributed by atoms with E-state index in [1.807, 2.05) is 32.9 Å². The molecule has 5 rings (SSSR count). The molecule has 41 heavy (non-hydrogen) atoms. The molecule has 10 heteroatoms. The van der Waals surface area contributed by atoms with Crippen molar-refractivity contribution in [3.63, 3.8) is 0 Å². The topological polar surface area (TPSA) is 131 Å². The van der Waals surface area contributed by atoms with Crippen molar-refractivity contribution in [3.8, 4) is 6.07 Å². The maximum absolute atomic E-state index is 14.2. The summed E-state index contributed by atoms with van der Waals surface area (Å²) in [6.07, 6.45) is 1.61. The van der Waals surface area contributed by atoms with Crippen LogP contribution in [-0.2, 0) is 31.0 Å². The highest BCUT2D eigenvalue weighted by Crippen LogP contribution is 2.46. The summed E-state index contributed by atoms with van der Waals surface area (Å²) in [6, 6.07) is 12.1. The van der Waals surface area contributed by atoms with Gasteiger partial charge in [0, 0.05) is 31.0 Å². The predicted molar refractivity (Wildman–Crippen MR) is 149 cm³/mol. The second-order valence-corrected chi connectivity index (χ2v) is 12.4. The standard InChI is InChI=1S/C31H34FN5O4/c1-30(2,3)25(36-26(38)19-11-12-19)27(39)34-24(14-18-7-6-8-20(32)13-18)28(40)37-17-31(15-21(37)16-33)22-9-4-5-10-23(22)35-29(31)41/h4-10,13,19,21,24-25H,11-12,14-15,17H2,1-3H3,(H,34,39)(H,35,41)(H,36,38)/t21-,24?,25+,31-/m0/s1. The van der Waals surface area contributed by atoms with Gasteiger partial charge < -0.3 is 20.9 Å². The van der Waals surface area contributed by atoms with Gasteiger partial charge in [0.15, 0.2) is 0 Å². The molecular formula is C31H34FN5O4. The van der Waals surface area contributed by atoms with Crippen LogP contribution in [0, 0.1) is 28.5 Å². The first kappa shape index (κ1) is 28.3. The van der Waals surface area contributed by atoms with Crippen LogP contribution in [0.25, 0.3) is 0 Å². The quantitative estimate of drug-likeness (QED) is 0.480. The third kappa shape index (κ3) is 5.53. The molecule has 3 aliphatic rings. The lowest BCUT2D eigenvalue weighted by atomic mass is 9.80. The van der Waals surface area contributed by atoms with Crippen LogP contribution < -0.4 is 16.0 Å². The molecular weight excluding hydrogens is 525 g/mol. The molecule has 2 heterocycles. The Morgan fingerprint density at radius 2 is 1.88 bits per heavy atom. The molecule has 0 radical (unpaired) electrons. The van der Waals surface area contributed by atoms with E-state index in [4.69, 9.17) is 0 Å². The average molecular weight is 560 g/mol. The van der Waals surface area contributed by atoms with Gasteiger partial charge in [0.05, 0.1) is 11.5 Å². The van der Waals surface area contributed by atoms with Crippen molar-refractivity contribution >= 4 is 29.3 Å². The van der Waals surface area contributed by atoms with Gasteiger partial charge >= 0.3 is 0 Å². The number of amides is 4. The number of hydrogen-bond acceptors (Lipinski definition) is 5. The Morgan fingerprint density at radius 3 is 2.54 bits per heavy atom. The second kappa shape index (κ2) is 10.6. The second-order valence-electron chi connectivity index (χ2n) is 12.4. The molecule has 214 valence electrons. The highest BCUT2D eigenvalue weighted by atomic mass is 19.1. The zero-order chi connectivity index (χ0) is 29.5. The summed E-state index contributed by atoms with van der Waals surface area (Å²) in [4.78, 5) is 55.0. The maximum Gasteiger partial charge on any atom is 0.246 e. The summed E-state index contributed by atoms with van der Waals surface area (Å²) in [5, 5.41) is 18.6. The van der Waals surface area contributed by atoms with Crippen molar-refractivity contribution in [2.24, 2.45) is 11.3 Å². The normalized spacial score (nSPS) is 22.9. The summed E-state index contributed by atoms with van der Waals surface area (Å²) in [7, 11) is 0. The third-order valence-corrected chi connectivity index (χ3v) is 8.22. The number of anilines is 1. The Balaban J connectivity index is 1.45. The summed E-state index contributed by atoms with van der Waals surface area (Å²) in [5.74, 6) is -2.19. The number of carbonyl (C=O) groups is 4. The van der Waals surface area contributed by atoms with E-state index in [1.54, 1.807) is 18.2 Å². The molecule has 3 N–H and O–H groups in total. The van der Waals surface area contributed by atoms with Crippen molar-refractivity contribution < 1.29 is 23.6 Å². The minimum atomic E-state index is -1.17. The fraction of sp³-hybridized carbons (Fsp3) is 0.452. The molecule has 4 amide bonds. The van der Waals surface area contributed by atoms with Crippen molar-refractivity contribution in [3.05, 3.63) is 65.5 Å². The first-order chi connectivity index (χ1) is 19.4. The van der Waals surface area contributed by atoms with Gasteiger partial charge in [0.1, 0.15) is 23.9 Å². The van der Waals surface area contributed by atoms with Gasteiger partial charge in [0.25, 0.3) is 0 Å². The number of fused-ring (bicyclic) bond motifs is 2. The molecule has 2 aliphatic heterocycles. The number of benzene rings is 2. The molecule has 1 saturated heterocycles. The Bertz CT molecular complexity index is 1440. The molecule has 1 aliphatic carbocycles. The number of nitriles is 1. The molecule has 2 fully saturated rings. The summed E-state index contributed by atoms with van der Waals surface area (Å²) in [6.45, 7) is 5.42. The van der Waals surface area contributed by atoms with E-state index in [0.717, 1.165) is 18.4 Å². The molecule has 4 atom stereocenters. The fourth-order valence-corrected chi connectivity index (χ4v) is 5.82. The molecule has 0 aromatic heterocycles. The van der Waals surface area contributed by atoms with Crippen LogP contribution in [0.2, 0.25) is 0 Å². The number of nitrogens with one attached hydrogen (secondary N) is 3. The summed E-state index contributed by atoms with van der Waals surface area (Å²) in [5.41, 5.74) is 0.0880. The number of carbonyl (C=O) groups excluding carboxylic acids is 4. The largest absolute Gasteiger partial charge is 0.344 e. The lowest BCUT2D eigenvalue weighted by molar-refractivity contribution is -0.138. The number of nitrogens with zero attached hydrogens (tertiary/aromatic N) is 2. The Labute approximate surface area is 238 Å². The van der Waals surface area contributed by atoms with Crippen LogP contribution in [0.3, 0.4) is 0 Å². The predicted octanol–water partition coefficient (Wildman–Crippen LogP) is 2.81. The van der Waals surface area contributed by atoms with E-state index in [2.05, 4.69) is 22.0 Å². The number of halogens is 1. The third-order valence-electron chi connectivity index (χ3n) is 8.22.